The molecule has 0 spiro atoms. The minimum atomic E-state index is -0.504. The van der Waals surface area contributed by atoms with Gasteiger partial charge in [-0.1, -0.05) is 78.0 Å². The van der Waals surface area contributed by atoms with E-state index in [9.17, 15) is 9.59 Å². The number of hydrogen-bond acceptors (Lipinski definition) is 5. The summed E-state index contributed by atoms with van der Waals surface area (Å²) in [6, 6.07) is 24.2. The van der Waals surface area contributed by atoms with Crippen molar-refractivity contribution in [2.75, 3.05) is 6.61 Å². The number of hydrogen-bond donors (Lipinski definition) is 1. The number of carbonyl (C=O) groups excluding carboxylic acids is 2. The zero-order valence-electron chi connectivity index (χ0n) is 17.4. The van der Waals surface area contributed by atoms with Gasteiger partial charge in [-0.3, -0.25) is 15.0 Å². The van der Waals surface area contributed by atoms with E-state index < -0.39 is 11.8 Å². The Bertz CT molecular complexity index is 1210. The van der Waals surface area contributed by atoms with Crippen molar-refractivity contribution < 1.29 is 14.3 Å². The smallest absolute Gasteiger partial charge is 0.285 e. The monoisotopic (exact) mass is 494 g/mol. The molecular weight excluding hydrogens is 476 g/mol. The number of halogens is 1. The molecule has 33 heavy (non-hydrogen) atoms. The van der Waals surface area contributed by atoms with Crippen LogP contribution in [0.15, 0.2) is 83.8 Å². The van der Waals surface area contributed by atoms with Gasteiger partial charge in [-0.25, -0.2) is 0 Å². The topological polar surface area (TPSA) is 58.6 Å². The number of benzene rings is 3. The Morgan fingerprint density at radius 2 is 1.73 bits per heavy atom. The highest BCUT2D eigenvalue weighted by molar-refractivity contribution is 8.26. The summed E-state index contributed by atoms with van der Waals surface area (Å²) in [5.41, 5.74) is 4.84. The van der Waals surface area contributed by atoms with E-state index in [2.05, 4.69) is 17.6 Å². The molecule has 0 atom stereocenters. The number of nitrogens with one attached hydrogen (secondary N) is 1. The number of rotatable bonds is 7. The Morgan fingerprint density at radius 1 is 1.03 bits per heavy atom. The number of carbonyl (C=O) groups is 2. The van der Waals surface area contributed by atoms with E-state index in [1.807, 2.05) is 42.5 Å². The SMILES string of the molecule is O=C(NN1C(=O)/C(=C/c2ccc(OCCc3ccccc3)cc2)SC1=S)c1ccccc1Cl. The van der Waals surface area contributed by atoms with E-state index in [1.165, 1.54) is 5.56 Å². The molecule has 0 aromatic heterocycles. The van der Waals surface area contributed by atoms with E-state index in [4.69, 9.17) is 28.6 Å². The number of thioether (sulfide) groups is 1. The second-order valence-corrected chi connectivity index (χ2v) is 9.17. The summed E-state index contributed by atoms with van der Waals surface area (Å²) in [6.07, 6.45) is 2.56. The molecule has 1 N–H and O–H groups in total. The maximum atomic E-state index is 12.8. The molecule has 1 saturated heterocycles. The molecule has 166 valence electrons. The third kappa shape index (κ3) is 5.82. The Morgan fingerprint density at radius 3 is 2.45 bits per heavy atom. The highest BCUT2D eigenvalue weighted by Gasteiger charge is 2.34. The maximum Gasteiger partial charge on any atom is 0.285 e. The van der Waals surface area contributed by atoms with Crippen LogP contribution < -0.4 is 10.2 Å². The van der Waals surface area contributed by atoms with Crippen LogP contribution in [0.2, 0.25) is 5.02 Å². The lowest BCUT2D eigenvalue weighted by molar-refractivity contribution is -0.123. The van der Waals surface area contributed by atoms with Gasteiger partial charge in [0.15, 0.2) is 4.32 Å². The minimum Gasteiger partial charge on any atom is -0.493 e. The molecule has 1 heterocycles. The standard InChI is InChI=1S/C25H19ClN2O3S2/c26-21-9-5-4-8-20(21)23(29)27-28-24(30)22(33-25(28)32)16-18-10-12-19(13-11-18)31-15-14-17-6-2-1-3-7-17/h1-13,16H,14-15H2,(H,27,29)/b22-16-. The fourth-order valence-corrected chi connectivity index (χ4v) is 4.52. The Kier molecular flexibility index (Phi) is 7.44. The van der Waals surface area contributed by atoms with E-state index in [0.29, 0.717) is 16.5 Å². The molecule has 0 radical (unpaired) electrons. The highest BCUT2D eigenvalue weighted by Crippen LogP contribution is 2.32. The van der Waals surface area contributed by atoms with Crippen LogP contribution in [0.1, 0.15) is 21.5 Å². The quantitative estimate of drug-likeness (QED) is 0.347. The van der Waals surface area contributed by atoms with Crippen molar-refractivity contribution in [3.63, 3.8) is 0 Å². The zero-order chi connectivity index (χ0) is 23.2. The van der Waals surface area contributed by atoms with Crippen LogP contribution in [0.3, 0.4) is 0 Å². The van der Waals surface area contributed by atoms with Gasteiger partial charge in [0.2, 0.25) is 0 Å². The molecule has 1 fully saturated rings. The summed E-state index contributed by atoms with van der Waals surface area (Å²) in [5.74, 6) is -0.147. The van der Waals surface area contributed by atoms with Crippen LogP contribution in [-0.2, 0) is 11.2 Å². The number of hydrazine groups is 1. The minimum absolute atomic E-state index is 0.243. The zero-order valence-corrected chi connectivity index (χ0v) is 19.8. The summed E-state index contributed by atoms with van der Waals surface area (Å²) in [5, 5.41) is 1.36. The van der Waals surface area contributed by atoms with Crippen LogP contribution in [0.5, 0.6) is 5.75 Å². The predicted molar refractivity (Wildman–Crippen MR) is 136 cm³/mol. The third-order valence-electron chi connectivity index (χ3n) is 4.81. The van der Waals surface area contributed by atoms with E-state index >= 15 is 0 Å². The number of amides is 2. The average Bonchev–Trinajstić information content (AvgIpc) is 3.08. The summed E-state index contributed by atoms with van der Waals surface area (Å²) < 4.78 is 6.05. The summed E-state index contributed by atoms with van der Waals surface area (Å²) in [6.45, 7) is 0.577. The first-order chi connectivity index (χ1) is 16.0. The van der Waals surface area contributed by atoms with Crippen LogP contribution in [0.4, 0.5) is 0 Å². The molecule has 1 aliphatic rings. The lowest BCUT2D eigenvalue weighted by atomic mass is 10.2. The summed E-state index contributed by atoms with van der Waals surface area (Å²) in [7, 11) is 0. The van der Waals surface area contributed by atoms with Crippen molar-refractivity contribution in [2.45, 2.75) is 6.42 Å². The van der Waals surface area contributed by atoms with Crippen LogP contribution in [-0.4, -0.2) is 27.8 Å². The van der Waals surface area contributed by atoms with Gasteiger partial charge in [-0.05, 0) is 53.7 Å². The van der Waals surface area contributed by atoms with E-state index in [-0.39, 0.29) is 9.88 Å². The number of ether oxygens (including phenoxy) is 1. The number of nitrogens with zero attached hydrogens (tertiary/aromatic N) is 1. The fourth-order valence-electron chi connectivity index (χ4n) is 3.11. The van der Waals surface area contributed by atoms with Gasteiger partial charge >= 0.3 is 0 Å². The molecule has 5 nitrogen and oxygen atoms in total. The molecule has 4 rings (SSSR count). The van der Waals surface area contributed by atoms with Gasteiger partial charge < -0.3 is 4.74 Å². The molecule has 0 aliphatic carbocycles. The van der Waals surface area contributed by atoms with Crippen molar-refractivity contribution in [1.29, 1.82) is 0 Å². The van der Waals surface area contributed by atoms with Crippen molar-refractivity contribution in [2.24, 2.45) is 0 Å². The first kappa shape index (κ1) is 23.0. The second-order valence-electron chi connectivity index (χ2n) is 7.09. The molecule has 2 amide bonds. The van der Waals surface area contributed by atoms with Crippen LogP contribution >= 0.6 is 35.6 Å². The van der Waals surface area contributed by atoms with Crippen LogP contribution in [0, 0.1) is 0 Å². The van der Waals surface area contributed by atoms with E-state index in [0.717, 1.165) is 34.5 Å². The third-order valence-corrected chi connectivity index (χ3v) is 6.44. The largest absolute Gasteiger partial charge is 0.493 e. The Labute approximate surface area is 206 Å². The highest BCUT2D eigenvalue weighted by atomic mass is 35.5. The number of thiocarbonyl (C=S) groups is 1. The molecule has 8 heteroatoms. The molecule has 0 unspecified atom stereocenters. The fraction of sp³-hybridized carbons (Fsp3) is 0.0800. The molecular formula is C25H19ClN2O3S2. The average molecular weight is 495 g/mol. The molecule has 3 aromatic rings. The summed E-state index contributed by atoms with van der Waals surface area (Å²) in [4.78, 5) is 25.7. The molecule has 3 aromatic carbocycles. The van der Waals surface area contributed by atoms with Crippen molar-refractivity contribution in [3.05, 3.63) is 105 Å². The molecule has 1 aliphatic heterocycles. The maximum absolute atomic E-state index is 12.8. The first-order valence-corrected chi connectivity index (χ1v) is 11.7. The first-order valence-electron chi connectivity index (χ1n) is 10.1. The van der Waals surface area contributed by atoms with Crippen molar-refractivity contribution in [3.8, 4) is 5.75 Å². The van der Waals surface area contributed by atoms with Gasteiger partial charge in [0.1, 0.15) is 5.75 Å². The molecule has 0 saturated carbocycles. The Balaban J connectivity index is 1.36. The van der Waals surface area contributed by atoms with Crippen molar-refractivity contribution >= 4 is 57.8 Å². The predicted octanol–water partition coefficient (Wildman–Crippen LogP) is 5.51. The molecule has 0 bridgehead atoms. The van der Waals surface area contributed by atoms with Gasteiger partial charge in [0.05, 0.1) is 22.1 Å². The van der Waals surface area contributed by atoms with Gasteiger partial charge in [0, 0.05) is 6.42 Å². The normalized spacial score (nSPS) is 14.6. The Hall–Kier alpha value is -3.13. The van der Waals surface area contributed by atoms with E-state index in [1.54, 1.807) is 30.3 Å². The second kappa shape index (κ2) is 10.7. The lowest BCUT2D eigenvalue weighted by Gasteiger charge is -2.16. The van der Waals surface area contributed by atoms with Gasteiger partial charge in [-0.2, -0.15) is 5.01 Å². The van der Waals surface area contributed by atoms with Crippen LogP contribution in [0.25, 0.3) is 6.08 Å². The van der Waals surface area contributed by atoms with Gasteiger partial charge in [0.25, 0.3) is 11.8 Å². The van der Waals surface area contributed by atoms with Crippen molar-refractivity contribution in [1.82, 2.24) is 10.4 Å². The summed E-state index contributed by atoms with van der Waals surface area (Å²) >= 11 is 12.5. The van der Waals surface area contributed by atoms with Gasteiger partial charge in [-0.15, -0.1) is 0 Å². The lowest BCUT2D eigenvalue weighted by Crippen LogP contribution is -2.44.